The van der Waals surface area contributed by atoms with Crippen LogP contribution in [0.5, 0.6) is 0 Å². The van der Waals surface area contributed by atoms with Gasteiger partial charge in [0.1, 0.15) is 0 Å². The maximum absolute atomic E-state index is 13.1. The first kappa shape index (κ1) is 18.1. The zero-order chi connectivity index (χ0) is 18.8. The third-order valence-corrected chi connectivity index (χ3v) is 4.67. The van der Waals surface area contributed by atoms with Crippen LogP contribution in [0.4, 0.5) is 0 Å². The second-order valence-corrected chi connectivity index (χ2v) is 7.20. The number of carboxylic acids is 1. The van der Waals surface area contributed by atoms with Gasteiger partial charge in [-0.2, -0.15) is 5.10 Å². The van der Waals surface area contributed by atoms with E-state index in [0.717, 1.165) is 0 Å². The number of carbonyl (C=O) groups is 2. The predicted octanol–water partition coefficient (Wildman–Crippen LogP) is 1.99. The molecule has 0 bridgehead atoms. The first-order valence-corrected chi connectivity index (χ1v) is 8.90. The van der Waals surface area contributed by atoms with Gasteiger partial charge in [-0.15, -0.1) is 0 Å². The molecule has 0 aliphatic carbocycles. The van der Waals surface area contributed by atoms with Crippen molar-refractivity contribution in [1.29, 1.82) is 0 Å². The summed E-state index contributed by atoms with van der Waals surface area (Å²) in [5.41, 5.74) is -0.000189. The fourth-order valence-electron chi connectivity index (χ4n) is 3.38. The molecule has 0 saturated carbocycles. The van der Waals surface area contributed by atoms with E-state index in [1.807, 2.05) is 13.8 Å². The molecular formula is C19H23N3O4. The fourth-order valence-corrected chi connectivity index (χ4v) is 3.38. The summed E-state index contributed by atoms with van der Waals surface area (Å²) in [6, 6.07) is 6.95. The number of aromatic nitrogens is 2. The Labute approximate surface area is 151 Å². The number of likely N-dealkylation sites (tertiary alicyclic amines) is 1. The summed E-state index contributed by atoms with van der Waals surface area (Å²) in [5.74, 6) is -1.55. The summed E-state index contributed by atoms with van der Waals surface area (Å²) >= 11 is 0. The quantitative estimate of drug-likeness (QED) is 0.903. The molecule has 1 fully saturated rings. The van der Waals surface area contributed by atoms with Gasteiger partial charge in [0.25, 0.3) is 11.5 Å². The minimum absolute atomic E-state index is 0.174. The van der Waals surface area contributed by atoms with Crippen molar-refractivity contribution in [2.24, 2.45) is 11.8 Å². The van der Waals surface area contributed by atoms with Crippen LogP contribution in [0.1, 0.15) is 37.2 Å². The Hall–Kier alpha value is -2.70. The molecule has 1 saturated heterocycles. The Morgan fingerprint density at radius 3 is 2.62 bits per heavy atom. The van der Waals surface area contributed by atoms with Crippen molar-refractivity contribution in [3.8, 4) is 0 Å². The molecular weight excluding hydrogens is 334 g/mol. The number of hydrogen-bond donors (Lipinski definition) is 1. The van der Waals surface area contributed by atoms with E-state index in [1.165, 1.54) is 4.68 Å². The van der Waals surface area contributed by atoms with Crippen LogP contribution in [-0.2, 0) is 11.3 Å². The molecule has 0 spiro atoms. The molecule has 1 aliphatic heterocycles. The average Bonchev–Trinajstić information content (AvgIpc) is 2.63. The molecule has 7 nitrogen and oxygen atoms in total. The molecule has 2 aromatic rings. The van der Waals surface area contributed by atoms with Gasteiger partial charge < -0.3 is 10.0 Å². The van der Waals surface area contributed by atoms with Crippen LogP contribution < -0.4 is 5.56 Å². The van der Waals surface area contributed by atoms with Gasteiger partial charge in [0.05, 0.1) is 11.3 Å². The molecule has 1 aliphatic rings. The van der Waals surface area contributed by atoms with Crippen LogP contribution in [0.2, 0.25) is 0 Å². The average molecular weight is 357 g/mol. The Kier molecular flexibility index (Phi) is 5.06. The van der Waals surface area contributed by atoms with Gasteiger partial charge in [-0.25, -0.2) is 4.68 Å². The number of carbonyl (C=O) groups excluding carboxylic acids is 1. The fraction of sp³-hybridized carbons (Fsp3) is 0.474. The molecule has 3 rings (SSSR count). The molecule has 1 aromatic carbocycles. The van der Waals surface area contributed by atoms with Crippen LogP contribution in [0.15, 0.2) is 29.1 Å². The molecule has 1 aromatic heterocycles. The number of rotatable bonds is 4. The van der Waals surface area contributed by atoms with Crippen molar-refractivity contribution in [3.05, 3.63) is 40.3 Å². The summed E-state index contributed by atoms with van der Waals surface area (Å²) in [6.07, 6.45) is 1.21. The van der Waals surface area contributed by atoms with E-state index in [-0.39, 0.29) is 29.6 Å². The largest absolute Gasteiger partial charge is 0.481 e. The molecule has 26 heavy (non-hydrogen) atoms. The first-order valence-electron chi connectivity index (χ1n) is 8.90. The topological polar surface area (TPSA) is 92.5 Å². The summed E-state index contributed by atoms with van der Waals surface area (Å²) in [5, 5.41) is 14.6. The number of amides is 1. The van der Waals surface area contributed by atoms with Crippen LogP contribution in [0.3, 0.4) is 0 Å². The van der Waals surface area contributed by atoms with Crippen molar-refractivity contribution >= 4 is 22.6 Å². The lowest BCUT2D eigenvalue weighted by Crippen LogP contribution is -2.43. The van der Waals surface area contributed by atoms with Gasteiger partial charge >= 0.3 is 5.97 Å². The summed E-state index contributed by atoms with van der Waals surface area (Å²) in [6.45, 7) is 5.05. The lowest BCUT2D eigenvalue weighted by Gasteiger charge is -2.30. The van der Waals surface area contributed by atoms with Crippen LogP contribution in [-0.4, -0.2) is 44.8 Å². The summed E-state index contributed by atoms with van der Waals surface area (Å²) in [4.78, 5) is 38.6. The Morgan fingerprint density at radius 2 is 1.96 bits per heavy atom. The van der Waals surface area contributed by atoms with Crippen LogP contribution in [0, 0.1) is 11.8 Å². The lowest BCUT2D eigenvalue weighted by atomic mass is 9.98. The minimum atomic E-state index is -0.884. The SMILES string of the molecule is CC(C)Cn1nc(C(=O)N2CCCC(C(=O)O)C2)c2ccccc2c1=O. The molecule has 1 amide bonds. The second-order valence-electron chi connectivity index (χ2n) is 7.20. The highest BCUT2D eigenvalue weighted by Gasteiger charge is 2.30. The highest BCUT2D eigenvalue weighted by molar-refractivity contribution is 6.04. The van der Waals surface area contributed by atoms with E-state index >= 15 is 0 Å². The highest BCUT2D eigenvalue weighted by atomic mass is 16.4. The molecule has 1 unspecified atom stereocenters. The Balaban J connectivity index is 2.05. The van der Waals surface area contributed by atoms with Gasteiger partial charge in [-0.3, -0.25) is 14.4 Å². The summed E-state index contributed by atoms with van der Waals surface area (Å²) in [7, 11) is 0. The molecule has 0 radical (unpaired) electrons. The molecule has 138 valence electrons. The van der Waals surface area contributed by atoms with Crippen molar-refractivity contribution in [3.63, 3.8) is 0 Å². The standard InChI is InChI=1S/C19H23N3O4/c1-12(2)10-22-17(23)15-8-4-3-7-14(15)16(20-22)18(24)21-9-5-6-13(11-21)19(25)26/h3-4,7-8,12-13H,5-6,9-11H2,1-2H3,(H,25,26). The van der Waals surface area contributed by atoms with E-state index in [0.29, 0.717) is 36.7 Å². The van der Waals surface area contributed by atoms with Crippen LogP contribution in [0.25, 0.3) is 10.8 Å². The van der Waals surface area contributed by atoms with Gasteiger partial charge in [0, 0.05) is 25.0 Å². The van der Waals surface area contributed by atoms with Gasteiger partial charge in [0.15, 0.2) is 5.69 Å². The van der Waals surface area contributed by atoms with Crippen molar-refractivity contribution < 1.29 is 14.7 Å². The smallest absolute Gasteiger partial charge is 0.308 e. The van der Waals surface area contributed by atoms with Crippen molar-refractivity contribution in [2.75, 3.05) is 13.1 Å². The van der Waals surface area contributed by atoms with E-state index in [2.05, 4.69) is 5.10 Å². The van der Waals surface area contributed by atoms with Crippen molar-refractivity contribution in [2.45, 2.75) is 33.2 Å². The third-order valence-electron chi connectivity index (χ3n) is 4.67. The maximum atomic E-state index is 13.1. The number of aliphatic carboxylic acids is 1. The zero-order valence-corrected chi connectivity index (χ0v) is 15.0. The second kappa shape index (κ2) is 7.27. The van der Waals surface area contributed by atoms with Gasteiger partial charge in [0.2, 0.25) is 0 Å². The maximum Gasteiger partial charge on any atom is 0.308 e. The number of hydrogen-bond acceptors (Lipinski definition) is 4. The molecule has 1 atom stereocenters. The summed E-state index contributed by atoms with van der Waals surface area (Å²) < 4.78 is 1.35. The number of fused-ring (bicyclic) bond motifs is 1. The number of nitrogens with zero attached hydrogens (tertiary/aromatic N) is 3. The van der Waals surface area contributed by atoms with E-state index in [9.17, 15) is 19.5 Å². The monoisotopic (exact) mass is 357 g/mol. The third kappa shape index (κ3) is 3.47. The predicted molar refractivity (Wildman–Crippen MR) is 97.1 cm³/mol. The van der Waals surface area contributed by atoms with E-state index in [4.69, 9.17) is 0 Å². The Morgan fingerprint density at radius 1 is 1.27 bits per heavy atom. The first-order chi connectivity index (χ1) is 12.4. The number of carboxylic acid groups (broad SMARTS) is 1. The molecule has 2 heterocycles. The van der Waals surface area contributed by atoms with E-state index < -0.39 is 11.9 Å². The van der Waals surface area contributed by atoms with Crippen molar-refractivity contribution in [1.82, 2.24) is 14.7 Å². The molecule has 1 N–H and O–H groups in total. The highest BCUT2D eigenvalue weighted by Crippen LogP contribution is 2.21. The lowest BCUT2D eigenvalue weighted by molar-refractivity contribution is -0.143. The normalized spacial score (nSPS) is 17.7. The van der Waals surface area contributed by atoms with Crippen LogP contribution >= 0.6 is 0 Å². The molecule has 7 heteroatoms. The number of benzene rings is 1. The Bertz CT molecular complexity index is 903. The zero-order valence-electron chi connectivity index (χ0n) is 15.0. The number of piperidine rings is 1. The van der Waals surface area contributed by atoms with Gasteiger partial charge in [-0.1, -0.05) is 32.0 Å². The van der Waals surface area contributed by atoms with Gasteiger partial charge in [-0.05, 0) is 24.8 Å². The minimum Gasteiger partial charge on any atom is -0.481 e. The van der Waals surface area contributed by atoms with E-state index in [1.54, 1.807) is 29.2 Å².